The summed E-state index contributed by atoms with van der Waals surface area (Å²) in [4.78, 5) is 0. The molecular formula is C33H24NS+. The van der Waals surface area contributed by atoms with Crippen molar-refractivity contribution in [1.82, 2.24) is 0 Å². The van der Waals surface area contributed by atoms with Crippen molar-refractivity contribution in [1.29, 1.82) is 0 Å². The highest BCUT2D eigenvalue weighted by molar-refractivity contribution is 7.21. The monoisotopic (exact) mass is 466 g/mol. The highest BCUT2D eigenvalue weighted by atomic mass is 32.1. The Labute approximate surface area is 209 Å². The van der Waals surface area contributed by atoms with Crippen LogP contribution in [-0.2, 0) is 7.05 Å². The minimum Gasteiger partial charge on any atom is -0.184 e. The van der Waals surface area contributed by atoms with Gasteiger partial charge in [0.1, 0.15) is 11.7 Å². The van der Waals surface area contributed by atoms with Gasteiger partial charge in [0.25, 0.3) is 5.01 Å². The van der Waals surface area contributed by atoms with Crippen LogP contribution in [0.5, 0.6) is 0 Å². The van der Waals surface area contributed by atoms with E-state index in [1.807, 2.05) is 11.3 Å². The molecule has 1 nitrogen and oxygen atoms in total. The van der Waals surface area contributed by atoms with Gasteiger partial charge in [0.15, 0.2) is 0 Å². The lowest BCUT2D eigenvalue weighted by molar-refractivity contribution is -0.629. The van der Waals surface area contributed by atoms with Gasteiger partial charge in [-0.15, -0.1) is 0 Å². The molecule has 0 saturated heterocycles. The van der Waals surface area contributed by atoms with Crippen molar-refractivity contribution in [2.45, 2.75) is 6.92 Å². The number of thiazole rings is 1. The first kappa shape index (κ1) is 20.4. The number of hydrogen-bond acceptors (Lipinski definition) is 1. The van der Waals surface area contributed by atoms with E-state index in [1.54, 1.807) is 0 Å². The first-order valence-corrected chi connectivity index (χ1v) is 12.8. The zero-order valence-electron chi connectivity index (χ0n) is 19.7. The number of benzene rings is 5. The molecular weight excluding hydrogens is 442 g/mol. The Morgan fingerprint density at radius 1 is 0.486 bits per heavy atom. The molecule has 1 aliphatic carbocycles. The highest BCUT2D eigenvalue weighted by Crippen LogP contribution is 2.51. The topological polar surface area (TPSA) is 3.88 Å². The van der Waals surface area contributed by atoms with Gasteiger partial charge in [-0.05, 0) is 57.5 Å². The SMILES string of the molecule is Cc1ccc2c(c1-c1sc3ccccc3[n+]1C)-c1ccccc1-c1ccccc1-c1ccccc1-2. The number of aryl methyl sites for hydroxylation is 2. The second kappa shape index (κ2) is 7.76. The summed E-state index contributed by atoms with van der Waals surface area (Å²) < 4.78 is 3.68. The Bertz CT molecular complexity index is 1770. The highest BCUT2D eigenvalue weighted by Gasteiger charge is 2.29. The molecule has 0 N–H and O–H groups in total. The van der Waals surface area contributed by atoms with Gasteiger partial charge in [-0.1, -0.05) is 108 Å². The van der Waals surface area contributed by atoms with Crippen LogP contribution in [-0.4, -0.2) is 0 Å². The van der Waals surface area contributed by atoms with Crippen LogP contribution in [0.1, 0.15) is 5.56 Å². The van der Waals surface area contributed by atoms with Crippen LogP contribution < -0.4 is 4.57 Å². The number of rotatable bonds is 1. The van der Waals surface area contributed by atoms with Gasteiger partial charge in [0.2, 0.25) is 5.52 Å². The van der Waals surface area contributed by atoms with Gasteiger partial charge >= 0.3 is 0 Å². The fraction of sp³-hybridized carbons (Fsp3) is 0.0606. The van der Waals surface area contributed by atoms with Crippen molar-refractivity contribution in [2.75, 3.05) is 0 Å². The van der Waals surface area contributed by atoms with Crippen LogP contribution in [0, 0.1) is 6.92 Å². The van der Waals surface area contributed by atoms with Crippen LogP contribution >= 0.6 is 11.3 Å². The van der Waals surface area contributed by atoms with E-state index in [0.717, 1.165) is 0 Å². The second-order valence-corrected chi connectivity index (χ2v) is 10.3. The summed E-state index contributed by atoms with van der Waals surface area (Å²) in [5.74, 6) is 0. The number of nitrogens with zero attached hydrogens (tertiary/aromatic N) is 1. The zero-order chi connectivity index (χ0) is 23.5. The quantitative estimate of drug-likeness (QED) is 0.213. The van der Waals surface area contributed by atoms with Crippen molar-refractivity contribution in [3.8, 4) is 55.1 Å². The molecule has 0 spiro atoms. The molecule has 1 aromatic heterocycles. The molecule has 0 fully saturated rings. The lowest BCUT2D eigenvalue weighted by atomic mass is 9.78. The average molecular weight is 467 g/mol. The molecule has 1 heterocycles. The summed E-state index contributed by atoms with van der Waals surface area (Å²) >= 11 is 1.88. The van der Waals surface area contributed by atoms with Crippen LogP contribution in [0.15, 0.2) is 109 Å². The van der Waals surface area contributed by atoms with Gasteiger partial charge in [0, 0.05) is 11.6 Å². The maximum atomic E-state index is 2.36. The molecule has 6 aromatic rings. The summed E-state index contributed by atoms with van der Waals surface area (Å²) in [6.45, 7) is 2.25. The smallest absolute Gasteiger partial charge is 0.184 e. The van der Waals surface area contributed by atoms with Crippen LogP contribution in [0.4, 0.5) is 0 Å². The maximum absolute atomic E-state index is 2.36. The normalized spacial score (nSPS) is 11.7. The number of hydrogen-bond donors (Lipinski definition) is 0. The zero-order valence-corrected chi connectivity index (χ0v) is 20.6. The van der Waals surface area contributed by atoms with E-state index in [-0.39, 0.29) is 0 Å². The molecule has 166 valence electrons. The first-order valence-electron chi connectivity index (χ1n) is 12.0. The molecule has 0 unspecified atom stereocenters. The van der Waals surface area contributed by atoms with E-state index >= 15 is 0 Å². The van der Waals surface area contributed by atoms with E-state index in [0.29, 0.717) is 0 Å². The molecule has 7 rings (SSSR count). The Hall–Kier alpha value is -4.01. The standard InChI is InChI=1S/C33H24NS/c1-21-19-20-28-26-15-6-5-13-24(26)22-11-3-4-12-23(22)25-14-7-8-16-27(25)32(28)31(21)33-34(2)29-17-9-10-18-30(29)35-33/h3-20H,1-2H3/q+1. The van der Waals surface area contributed by atoms with Crippen molar-refractivity contribution < 1.29 is 4.57 Å². The van der Waals surface area contributed by atoms with E-state index in [2.05, 4.69) is 128 Å². The molecule has 2 heteroatoms. The average Bonchev–Trinajstić information content (AvgIpc) is 3.24. The fourth-order valence-corrected chi connectivity index (χ4v) is 6.91. The molecule has 35 heavy (non-hydrogen) atoms. The van der Waals surface area contributed by atoms with Crippen LogP contribution in [0.2, 0.25) is 0 Å². The summed E-state index contributed by atoms with van der Waals surface area (Å²) in [6, 6.07) is 40.0. The largest absolute Gasteiger partial charge is 0.270 e. The fourth-order valence-electron chi connectivity index (χ4n) is 5.65. The van der Waals surface area contributed by atoms with E-state index < -0.39 is 0 Å². The van der Waals surface area contributed by atoms with Gasteiger partial charge < -0.3 is 0 Å². The molecule has 0 atom stereocenters. The van der Waals surface area contributed by atoms with Crippen LogP contribution in [0.25, 0.3) is 65.3 Å². The second-order valence-electron chi connectivity index (χ2n) is 9.25. The third kappa shape index (κ3) is 2.97. The number of fused-ring (bicyclic) bond motifs is 9. The third-order valence-electron chi connectivity index (χ3n) is 7.29. The minimum atomic E-state index is 1.27. The van der Waals surface area contributed by atoms with Crippen molar-refractivity contribution in [3.05, 3.63) is 115 Å². The summed E-state index contributed by atoms with van der Waals surface area (Å²) in [6.07, 6.45) is 0. The molecule has 0 saturated carbocycles. The molecule has 0 amide bonds. The Morgan fingerprint density at radius 3 is 1.57 bits per heavy atom. The molecule has 0 radical (unpaired) electrons. The van der Waals surface area contributed by atoms with Crippen LogP contribution in [0.3, 0.4) is 0 Å². The molecule has 1 aliphatic rings. The summed E-state index contributed by atoms with van der Waals surface area (Å²) in [5.41, 5.74) is 14.2. The minimum absolute atomic E-state index is 1.27. The van der Waals surface area contributed by atoms with Gasteiger partial charge in [0.05, 0.1) is 5.56 Å². The maximum Gasteiger partial charge on any atom is 0.270 e. The van der Waals surface area contributed by atoms with Crippen molar-refractivity contribution in [2.24, 2.45) is 7.05 Å². The third-order valence-corrected chi connectivity index (χ3v) is 8.52. The number of para-hydroxylation sites is 1. The summed E-state index contributed by atoms with van der Waals surface area (Å²) in [5, 5.41) is 1.29. The van der Waals surface area contributed by atoms with E-state index in [1.165, 1.54) is 70.9 Å². The van der Waals surface area contributed by atoms with E-state index in [4.69, 9.17) is 0 Å². The molecule has 5 aromatic carbocycles. The first-order chi connectivity index (χ1) is 17.2. The lowest BCUT2D eigenvalue weighted by Gasteiger charge is -2.24. The molecule has 0 aliphatic heterocycles. The predicted octanol–water partition coefficient (Wildman–Crippen LogP) is 8.68. The lowest BCUT2D eigenvalue weighted by Crippen LogP contribution is -2.28. The van der Waals surface area contributed by atoms with Gasteiger partial charge in [-0.2, -0.15) is 4.57 Å². The number of aromatic nitrogens is 1. The molecule has 0 bridgehead atoms. The van der Waals surface area contributed by atoms with Crippen molar-refractivity contribution >= 4 is 21.6 Å². The summed E-state index contributed by atoms with van der Waals surface area (Å²) in [7, 11) is 2.20. The predicted molar refractivity (Wildman–Crippen MR) is 148 cm³/mol. The van der Waals surface area contributed by atoms with Gasteiger partial charge in [-0.3, -0.25) is 0 Å². The Kier molecular flexibility index (Phi) is 4.52. The Balaban J connectivity index is 1.68. The Morgan fingerprint density at radius 2 is 0.971 bits per heavy atom. The van der Waals surface area contributed by atoms with Crippen molar-refractivity contribution in [3.63, 3.8) is 0 Å². The van der Waals surface area contributed by atoms with Gasteiger partial charge in [-0.25, -0.2) is 0 Å². The van der Waals surface area contributed by atoms with E-state index in [9.17, 15) is 0 Å².